The number of carbonyl (C=O) groups is 2. The number of nitrogens with zero attached hydrogens (tertiary/aromatic N) is 1. The number of phosphoric acid groups is 1. The highest BCUT2D eigenvalue weighted by atomic mass is 31.2. The third-order valence-corrected chi connectivity index (χ3v) is 13.6. The number of quaternary nitrogens is 1. The predicted octanol–water partition coefficient (Wildman–Crippen LogP) is 18.8. The van der Waals surface area contributed by atoms with Crippen LogP contribution in [0.5, 0.6) is 0 Å². The molecule has 0 aromatic carbocycles. The maximum absolute atomic E-state index is 12.8. The van der Waals surface area contributed by atoms with Gasteiger partial charge in [-0.25, -0.2) is 4.57 Å². The third-order valence-electron chi connectivity index (χ3n) is 12.6. The van der Waals surface area contributed by atoms with Crippen molar-refractivity contribution in [1.82, 2.24) is 0 Å². The Morgan fingerprint density at radius 3 is 1.09 bits per heavy atom. The van der Waals surface area contributed by atoms with Crippen LogP contribution in [0.15, 0.2) is 97.2 Å². The molecule has 0 aromatic rings. The number of carbonyl (C=O) groups excluding carboxylic acids is 2. The van der Waals surface area contributed by atoms with Gasteiger partial charge in [-0.2, -0.15) is 0 Å². The van der Waals surface area contributed by atoms with E-state index in [1.165, 1.54) is 122 Å². The molecule has 0 aromatic heterocycles. The van der Waals surface area contributed by atoms with Gasteiger partial charge >= 0.3 is 19.8 Å². The molecule has 0 amide bonds. The molecule has 0 spiro atoms. The van der Waals surface area contributed by atoms with Gasteiger partial charge in [0.2, 0.25) is 0 Å². The molecule has 0 aliphatic carbocycles. The number of allylic oxidation sites excluding steroid dienone is 16. The van der Waals surface area contributed by atoms with E-state index in [0.717, 1.165) is 83.5 Å². The van der Waals surface area contributed by atoms with Gasteiger partial charge in [0.1, 0.15) is 19.8 Å². The third kappa shape index (κ3) is 58.2. The Hall–Kier alpha value is -3.07. The minimum Gasteiger partial charge on any atom is -0.462 e. The Balaban J connectivity index is 3.97. The summed E-state index contributed by atoms with van der Waals surface area (Å²) >= 11 is 0. The Morgan fingerprint density at radius 2 is 0.730 bits per heavy atom. The molecule has 2 unspecified atom stereocenters. The number of unbranched alkanes of at least 4 members (excludes halogenated alkanes) is 24. The van der Waals surface area contributed by atoms with E-state index in [-0.39, 0.29) is 26.1 Å². The second-order valence-electron chi connectivity index (χ2n) is 21.0. The summed E-state index contributed by atoms with van der Waals surface area (Å²) in [5, 5.41) is 0. The minimum atomic E-state index is -4.39. The fourth-order valence-corrected chi connectivity index (χ4v) is 8.80. The lowest BCUT2D eigenvalue weighted by atomic mass is 10.0. The lowest BCUT2D eigenvalue weighted by Crippen LogP contribution is -2.37. The van der Waals surface area contributed by atoms with Crippen LogP contribution in [0, 0.1) is 0 Å². The number of hydrogen-bond donors (Lipinski definition) is 1. The maximum Gasteiger partial charge on any atom is 0.472 e. The molecule has 0 radical (unpaired) electrons. The molecule has 0 aliphatic rings. The number of likely N-dealkylation sites (N-methyl/N-ethyl adjacent to an activating group) is 1. The van der Waals surface area contributed by atoms with Crippen LogP contribution in [0.4, 0.5) is 0 Å². The SMILES string of the molecule is CC/C=C\C/C=C\C/C=C\C/C=C\C/C=C\CCCCCCCCCCCCCCCCCCCCCCCC(=O)OC(COC(=O)CCCCC/C=C\C/C=C\C/C=C\CC)COP(=O)(O)OCC[N+](C)(C)C. The van der Waals surface area contributed by atoms with Gasteiger partial charge in [0.25, 0.3) is 0 Å². The van der Waals surface area contributed by atoms with Crippen molar-refractivity contribution in [1.29, 1.82) is 0 Å². The van der Waals surface area contributed by atoms with Crippen molar-refractivity contribution >= 4 is 19.8 Å². The Bertz CT molecular complexity index is 1570. The molecule has 0 saturated carbocycles. The summed E-state index contributed by atoms with van der Waals surface area (Å²) < 4.78 is 34.5. The van der Waals surface area contributed by atoms with E-state index in [1.54, 1.807) is 0 Å². The summed E-state index contributed by atoms with van der Waals surface area (Å²) in [6.07, 6.45) is 75.1. The van der Waals surface area contributed by atoms with Crippen LogP contribution in [0.1, 0.15) is 245 Å². The van der Waals surface area contributed by atoms with Crippen molar-refractivity contribution in [3.8, 4) is 0 Å². The van der Waals surface area contributed by atoms with Crippen LogP contribution in [0.2, 0.25) is 0 Å². The molecule has 0 saturated heterocycles. The molecule has 0 heterocycles. The molecular formula is C64H113NO8P+. The molecule has 426 valence electrons. The first-order valence-corrected chi connectivity index (χ1v) is 31.5. The van der Waals surface area contributed by atoms with Crippen molar-refractivity contribution in [2.75, 3.05) is 47.5 Å². The second-order valence-corrected chi connectivity index (χ2v) is 22.4. The quantitative estimate of drug-likeness (QED) is 0.0211. The van der Waals surface area contributed by atoms with E-state index in [1.807, 2.05) is 21.1 Å². The highest BCUT2D eigenvalue weighted by molar-refractivity contribution is 7.47. The zero-order valence-electron chi connectivity index (χ0n) is 48.3. The molecule has 0 aliphatic heterocycles. The molecular weight excluding hydrogens is 942 g/mol. The Kier molecular flexibility index (Phi) is 52.4. The summed E-state index contributed by atoms with van der Waals surface area (Å²) in [5.41, 5.74) is 0. The van der Waals surface area contributed by atoms with Gasteiger partial charge < -0.3 is 18.9 Å². The van der Waals surface area contributed by atoms with Crippen LogP contribution < -0.4 is 0 Å². The van der Waals surface area contributed by atoms with E-state index in [0.29, 0.717) is 23.9 Å². The molecule has 9 nitrogen and oxygen atoms in total. The largest absolute Gasteiger partial charge is 0.472 e. The highest BCUT2D eigenvalue weighted by Crippen LogP contribution is 2.43. The van der Waals surface area contributed by atoms with Crippen molar-refractivity contribution in [2.24, 2.45) is 0 Å². The average Bonchev–Trinajstić information content (AvgIpc) is 3.36. The predicted molar refractivity (Wildman–Crippen MR) is 316 cm³/mol. The van der Waals surface area contributed by atoms with Crippen LogP contribution >= 0.6 is 7.82 Å². The van der Waals surface area contributed by atoms with Crippen LogP contribution in [-0.2, 0) is 32.7 Å². The summed E-state index contributed by atoms with van der Waals surface area (Å²) in [6.45, 7) is 4.17. The smallest absolute Gasteiger partial charge is 0.462 e. The van der Waals surface area contributed by atoms with Crippen molar-refractivity contribution in [3.63, 3.8) is 0 Å². The summed E-state index contributed by atoms with van der Waals surface area (Å²) in [5.74, 6) is -0.830. The van der Waals surface area contributed by atoms with Crippen molar-refractivity contribution in [3.05, 3.63) is 97.2 Å². The average molecular weight is 1060 g/mol. The second kappa shape index (κ2) is 54.7. The van der Waals surface area contributed by atoms with Crippen molar-refractivity contribution in [2.45, 2.75) is 251 Å². The standard InChI is InChI=1S/C64H112NO8P/c1-6-8-10-12-14-16-18-20-21-22-23-24-25-26-27-28-29-30-31-32-33-34-35-36-37-38-39-40-41-42-43-45-47-49-51-53-55-57-64(67)73-62(61-72-74(68,69)71-59-58-65(3,4)5)60-70-63(66)56-54-52-50-48-46-44-19-17-15-13-11-9-7-2/h8-11,14-17,20-21,23-24,26-27,44,46,62H,6-7,12-13,18-19,22,25,28-43,45,47-61H2,1-5H3/p+1/b10-8-,11-9-,16-14-,17-15-,21-20-,24-23-,27-26-,46-44-. The topological polar surface area (TPSA) is 108 Å². The van der Waals surface area contributed by atoms with Crippen molar-refractivity contribution < 1.29 is 42.1 Å². The molecule has 74 heavy (non-hydrogen) atoms. The zero-order valence-corrected chi connectivity index (χ0v) is 49.2. The van der Waals surface area contributed by atoms with Gasteiger partial charge in [-0.05, 0) is 89.9 Å². The van der Waals surface area contributed by atoms with Gasteiger partial charge in [-0.15, -0.1) is 0 Å². The lowest BCUT2D eigenvalue weighted by Gasteiger charge is -2.24. The zero-order chi connectivity index (χ0) is 54.2. The number of hydrogen-bond acceptors (Lipinski definition) is 7. The number of rotatable bonds is 54. The van der Waals surface area contributed by atoms with Gasteiger partial charge in [0.05, 0.1) is 27.7 Å². The molecule has 2 atom stereocenters. The minimum absolute atomic E-state index is 0.0245. The van der Waals surface area contributed by atoms with Gasteiger partial charge in [0.15, 0.2) is 6.10 Å². The number of ether oxygens (including phenoxy) is 2. The van der Waals surface area contributed by atoms with Gasteiger partial charge in [-0.1, -0.05) is 239 Å². The summed E-state index contributed by atoms with van der Waals surface area (Å²) in [4.78, 5) is 35.6. The number of phosphoric ester groups is 1. The van der Waals surface area contributed by atoms with Gasteiger partial charge in [0, 0.05) is 12.8 Å². The molecule has 0 rings (SSSR count). The number of esters is 2. The lowest BCUT2D eigenvalue weighted by molar-refractivity contribution is -0.870. The van der Waals surface area contributed by atoms with E-state index >= 15 is 0 Å². The Morgan fingerprint density at radius 1 is 0.419 bits per heavy atom. The van der Waals surface area contributed by atoms with Gasteiger partial charge in [-0.3, -0.25) is 18.6 Å². The molecule has 0 bridgehead atoms. The fourth-order valence-electron chi connectivity index (χ4n) is 8.06. The van der Waals surface area contributed by atoms with E-state index < -0.39 is 32.5 Å². The first-order valence-electron chi connectivity index (χ1n) is 30.0. The monoisotopic (exact) mass is 1050 g/mol. The first-order chi connectivity index (χ1) is 36.0. The van der Waals surface area contributed by atoms with E-state index in [4.69, 9.17) is 18.5 Å². The first kappa shape index (κ1) is 70.9. The molecule has 10 heteroatoms. The molecule has 1 N–H and O–H groups in total. The summed E-state index contributed by atoms with van der Waals surface area (Å²) in [6, 6.07) is 0. The highest BCUT2D eigenvalue weighted by Gasteiger charge is 2.27. The van der Waals surface area contributed by atoms with Crippen LogP contribution in [-0.4, -0.2) is 74.9 Å². The van der Waals surface area contributed by atoms with E-state index in [9.17, 15) is 19.0 Å². The Labute approximate surface area is 455 Å². The van der Waals surface area contributed by atoms with Crippen LogP contribution in [0.3, 0.4) is 0 Å². The normalized spacial score (nSPS) is 14.0. The summed E-state index contributed by atoms with van der Waals surface area (Å²) in [7, 11) is 1.46. The molecule has 0 fully saturated rings. The maximum atomic E-state index is 12.8. The fraction of sp³-hybridized carbons (Fsp3) is 0.719. The van der Waals surface area contributed by atoms with Crippen LogP contribution in [0.25, 0.3) is 0 Å². The van der Waals surface area contributed by atoms with E-state index in [2.05, 4.69) is 111 Å².